The molecule has 3 N–H and O–H groups in total. The Labute approximate surface area is 131 Å². The number of benzene rings is 1. The second-order valence-corrected chi connectivity index (χ2v) is 6.43. The van der Waals surface area contributed by atoms with Crippen LogP contribution in [0.1, 0.15) is 24.1 Å². The fourth-order valence-electron chi connectivity index (χ4n) is 2.28. The molecule has 1 aromatic heterocycles. The summed E-state index contributed by atoms with van der Waals surface area (Å²) >= 11 is 1.72. The molecule has 1 atom stereocenters. The van der Waals surface area contributed by atoms with E-state index in [1.807, 2.05) is 21.1 Å². The highest BCUT2D eigenvalue weighted by molar-refractivity contribution is 7.16. The van der Waals surface area contributed by atoms with Crippen LogP contribution in [0.3, 0.4) is 0 Å². The van der Waals surface area contributed by atoms with Crippen molar-refractivity contribution >= 4 is 22.2 Å². The van der Waals surface area contributed by atoms with E-state index < -0.39 is 0 Å². The first kappa shape index (κ1) is 15.8. The predicted octanol–water partition coefficient (Wildman–Crippen LogP) is 3.37. The Kier molecular flexibility index (Phi) is 5.20. The molecule has 1 heterocycles. The van der Waals surface area contributed by atoms with Crippen molar-refractivity contribution in [2.24, 2.45) is 5.73 Å². The van der Waals surface area contributed by atoms with Gasteiger partial charge < -0.3 is 16.0 Å². The molecular formula is C16H24N4S. The topological polar surface area (TPSA) is 54.2 Å². The van der Waals surface area contributed by atoms with Gasteiger partial charge in [-0.15, -0.1) is 11.3 Å². The fourth-order valence-corrected chi connectivity index (χ4v) is 3.30. The molecule has 4 nitrogen and oxygen atoms in total. The zero-order valence-corrected chi connectivity index (χ0v) is 14.0. The number of hydrogen-bond acceptors (Lipinski definition) is 5. The van der Waals surface area contributed by atoms with Crippen LogP contribution in [-0.4, -0.2) is 32.7 Å². The molecule has 1 unspecified atom stereocenters. The van der Waals surface area contributed by atoms with Gasteiger partial charge in [-0.3, -0.25) is 0 Å². The van der Waals surface area contributed by atoms with Gasteiger partial charge in [-0.25, -0.2) is 4.98 Å². The summed E-state index contributed by atoms with van der Waals surface area (Å²) in [5, 5.41) is 4.11. The smallest absolute Gasteiger partial charge is 0.183 e. The third kappa shape index (κ3) is 3.54. The summed E-state index contributed by atoms with van der Waals surface area (Å²) < 4.78 is 0. The van der Waals surface area contributed by atoms with E-state index in [1.165, 1.54) is 10.6 Å². The van der Waals surface area contributed by atoms with Gasteiger partial charge in [0.2, 0.25) is 0 Å². The average molecular weight is 304 g/mol. The average Bonchev–Trinajstić information content (AvgIpc) is 2.92. The molecule has 0 saturated carbocycles. The highest BCUT2D eigenvalue weighted by atomic mass is 32.1. The fraction of sp³-hybridized carbons (Fsp3) is 0.438. The van der Waals surface area contributed by atoms with Gasteiger partial charge in [0.05, 0.1) is 5.69 Å². The largest absolute Gasteiger partial charge is 0.378 e. The molecule has 5 heteroatoms. The second-order valence-electron chi connectivity index (χ2n) is 5.40. The van der Waals surface area contributed by atoms with Crippen molar-refractivity contribution in [2.75, 3.05) is 37.9 Å². The second kappa shape index (κ2) is 6.91. The van der Waals surface area contributed by atoms with E-state index in [4.69, 9.17) is 10.7 Å². The Morgan fingerprint density at radius 2 is 1.95 bits per heavy atom. The molecule has 0 aliphatic rings. The summed E-state index contributed by atoms with van der Waals surface area (Å²) in [6.07, 6.45) is 0.980. The number of rotatable bonds is 6. The van der Waals surface area contributed by atoms with E-state index in [-0.39, 0.29) is 0 Å². The molecular weight excluding hydrogens is 280 g/mol. The molecule has 0 amide bonds. The molecule has 0 saturated heterocycles. The van der Waals surface area contributed by atoms with E-state index in [9.17, 15) is 0 Å². The summed E-state index contributed by atoms with van der Waals surface area (Å²) in [7, 11) is 6.01. The Hall–Kier alpha value is -1.59. The molecule has 0 fully saturated rings. The van der Waals surface area contributed by atoms with Crippen LogP contribution in [0.5, 0.6) is 0 Å². The van der Waals surface area contributed by atoms with E-state index in [0.29, 0.717) is 12.5 Å². The van der Waals surface area contributed by atoms with Crippen LogP contribution in [0, 0.1) is 0 Å². The minimum atomic E-state index is 0.429. The van der Waals surface area contributed by atoms with E-state index in [2.05, 4.69) is 41.4 Å². The van der Waals surface area contributed by atoms with Gasteiger partial charge in [0, 0.05) is 37.3 Å². The normalized spacial score (nSPS) is 12.2. The Morgan fingerprint density at radius 3 is 2.48 bits per heavy atom. The molecule has 1 aromatic carbocycles. The highest BCUT2D eigenvalue weighted by Crippen LogP contribution is 2.37. The SMILES string of the molecule is CNc1nc(-c2ccc(N(C)C)cc2)c(C(C)CCN)s1. The van der Waals surface area contributed by atoms with Crippen LogP contribution < -0.4 is 16.0 Å². The summed E-state index contributed by atoms with van der Waals surface area (Å²) in [5.74, 6) is 0.429. The lowest BCUT2D eigenvalue weighted by Gasteiger charge is -2.13. The molecule has 0 radical (unpaired) electrons. The van der Waals surface area contributed by atoms with E-state index >= 15 is 0 Å². The molecule has 2 aromatic rings. The third-order valence-electron chi connectivity index (χ3n) is 3.57. The lowest BCUT2D eigenvalue weighted by molar-refractivity contribution is 0.701. The van der Waals surface area contributed by atoms with Gasteiger partial charge in [-0.1, -0.05) is 19.1 Å². The van der Waals surface area contributed by atoms with Gasteiger partial charge in [-0.2, -0.15) is 0 Å². The first-order valence-corrected chi connectivity index (χ1v) is 8.04. The summed E-state index contributed by atoms with van der Waals surface area (Å²) in [5.41, 5.74) is 9.15. The first-order chi connectivity index (χ1) is 10.1. The molecule has 0 aliphatic heterocycles. The Balaban J connectivity index is 2.39. The summed E-state index contributed by atoms with van der Waals surface area (Å²) in [4.78, 5) is 8.14. The van der Waals surface area contributed by atoms with Crippen LogP contribution in [-0.2, 0) is 0 Å². The van der Waals surface area contributed by atoms with E-state index in [0.717, 1.165) is 22.8 Å². The number of anilines is 2. The monoisotopic (exact) mass is 304 g/mol. The molecule has 114 valence electrons. The van der Waals surface area contributed by atoms with E-state index in [1.54, 1.807) is 11.3 Å². The standard InChI is InChI=1S/C16H24N4S/c1-11(9-10-17)15-14(19-16(18-2)21-15)12-5-7-13(8-6-12)20(3)4/h5-8,11H,9-10,17H2,1-4H3,(H,18,19). The zero-order valence-electron chi connectivity index (χ0n) is 13.2. The maximum absolute atomic E-state index is 5.71. The molecule has 21 heavy (non-hydrogen) atoms. The van der Waals surface area contributed by atoms with Crippen molar-refractivity contribution in [1.29, 1.82) is 0 Å². The molecule has 2 rings (SSSR count). The predicted molar refractivity (Wildman–Crippen MR) is 93.5 cm³/mol. The van der Waals surface area contributed by atoms with Crippen LogP contribution in [0.2, 0.25) is 0 Å². The van der Waals surface area contributed by atoms with Crippen molar-refractivity contribution < 1.29 is 0 Å². The Bertz CT molecular complexity index is 574. The lowest BCUT2D eigenvalue weighted by atomic mass is 10.0. The number of aromatic nitrogens is 1. The quantitative estimate of drug-likeness (QED) is 0.859. The molecule has 0 spiro atoms. The van der Waals surface area contributed by atoms with Crippen molar-refractivity contribution in [3.63, 3.8) is 0 Å². The maximum atomic E-state index is 5.71. The van der Waals surface area contributed by atoms with Gasteiger partial charge >= 0.3 is 0 Å². The van der Waals surface area contributed by atoms with Crippen LogP contribution in [0.4, 0.5) is 10.8 Å². The number of nitrogens with one attached hydrogen (secondary N) is 1. The Morgan fingerprint density at radius 1 is 1.29 bits per heavy atom. The highest BCUT2D eigenvalue weighted by Gasteiger charge is 2.17. The van der Waals surface area contributed by atoms with Gasteiger partial charge in [0.1, 0.15) is 0 Å². The first-order valence-electron chi connectivity index (χ1n) is 7.23. The van der Waals surface area contributed by atoms with Crippen LogP contribution >= 0.6 is 11.3 Å². The van der Waals surface area contributed by atoms with Crippen molar-refractivity contribution in [3.05, 3.63) is 29.1 Å². The van der Waals surface area contributed by atoms with Crippen LogP contribution in [0.15, 0.2) is 24.3 Å². The van der Waals surface area contributed by atoms with Crippen molar-refractivity contribution in [3.8, 4) is 11.3 Å². The zero-order chi connectivity index (χ0) is 15.4. The van der Waals surface area contributed by atoms with Gasteiger partial charge in [0.25, 0.3) is 0 Å². The number of hydrogen-bond donors (Lipinski definition) is 2. The maximum Gasteiger partial charge on any atom is 0.183 e. The van der Waals surface area contributed by atoms with Gasteiger partial charge in [0.15, 0.2) is 5.13 Å². The minimum Gasteiger partial charge on any atom is -0.378 e. The summed E-state index contributed by atoms with van der Waals surface area (Å²) in [6.45, 7) is 2.92. The minimum absolute atomic E-state index is 0.429. The third-order valence-corrected chi connectivity index (χ3v) is 4.88. The van der Waals surface area contributed by atoms with Crippen molar-refractivity contribution in [2.45, 2.75) is 19.3 Å². The molecule has 0 bridgehead atoms. The molecule has 0 aliphatic carbocycles. The number of nitrogens with zero attached hydrogens (tertiary/aromatic N) is 2. The lowest BCUT2D eigenvalue weighted by Crippen LogP contribution is -2.08. The van der Waals surface area contributed by atoms with Crippen molar-refractivity contribution in [1.82, 2.24) is 4.98 Å². The number of nitrogens with two attached hydrogens (primary N) is 1. The number of thiazole rings is 1. The van der Waals surface area contributed by atoms with Crippen LogP contribution in [0.25, 0.3) is 11.3 Å². The summed E-state index contributed by atoms with van der Waals surface area (Å²) in [6, 6.07) is 8.54. The van der Waals surface area contributed by atoms with Gasteiger partial charge in [-0.05, 0) is 31.0 Å².